The molecule has 0 aromatic heterocycles. The van der Waals surface area contributed by atoms with Gasteiger partial charge < -0.3 is 10.2 Å². The zero-order valence-electron chi connectivity index (χ0n) is 18.0. The monoisotopic (exact) mass is 394 g/mol. The van der Waals surface area contributed by atoms with Gasteiger partial charge in [0.2, 0.25) is 11.8 Å². The van der Waals surface area contributed by atoms with E-state index in [-0.39, 0.29) is 23.8 Å². The van der Waals surface area contributed by atoms with E-state index in [9.17, 15) is 9.59 Å². The summed E-state index contributed by atoms with van der Waals surface area (Å²) in [5.74, 6) is 19.0. The highest BCUT2D eigenvalue weighted by Crippen LogP contribution is 2.21. The minimum absolute atomic E-state index is 0.0365. The first-order chi connectivity index (χ1) is 14.1. The van der Waals surface area contributed by atoms with E-state index in [0.717, 1.165) is 32.1 Å². The van der Waals surface area contributed by atoms with Crippen molar-refractivity contribution in [3.05, 3.63) is 0 Å². The summed E-state index contributed by atoms with van der Waals surface area (Å²) < 4.78 is 0. The fourth-order valence-electron chi connectivity index (χ4n) is 3.41. The molecule has 0 saturated heterocycles. The van der Waals surface area contributed by atoms with Crippen LogP contribution in [0.4, 0.5) is 0 Å². The van der Waals surface area contributed by atoms with Crippen molar-refractivity contribution in [3.8, 4) is 35.5 Å². The van der Waals surface area contributed by atoms with E-state index in [2.05, 4.69) is 54.7 Å². The molecular formula is C25H34N2O2. The van der Waals surface area contributed by atoms with Crippen molar-refractivity contribution in [2.24, 2.45) is 5.92 Å². The number of rotatable bonds is 8. The van der Waals surface area contributed by atoms with E-state index >= 15 is 0 Å². The van der Waals surface area contributed by atoms with Gasteiger partial charge in [0.25, 0.3) is 0 Å². The van der Waals surface area contributed by atoms with Crippen molar-refractivity contribution in [2.75, 3.05) is 6.54 Å². The van der Waals surface area contributed by atoms with Gasteiger partial charge in [0.15, 0.2) is 0 Å². The van der Waals surface area contributed by atoms with E-state index in [1.54, 1.807) is 0 Å². The molecule has 2 rings (SSSR count). The van der Waals surface area contributed by atoms with Gasteiger partial charge in [-0.15, -0.1) is 5.92 Å². The number of nitrogens with zero attached hydrogens (tertiary/aromatic N) is 1. The minimum Gasteiger partial charge on any atom is -0.353 e. The molecule has 0 radical (unpaired) electrons. The lowest BCUT2D eigenvalue weighted by Crippen LogP contribution is -2.43. The van der Waals surface area contributed by atoms with E-state index in [4.69, 9.17) is 0 Å². The average molecular weight is 395 g/mol. The van der Waals surface area contributed by atoms with Crippen LogP contribution in [0.25, 0.3) is 0 Å². The quantitative estimate of drug-likeness (QED) is 0.505. The summed E-state index contributed by atoms with van der Waals surface area (Å²) in [6.45, 7) is 4.82. The largest absolute Gasteiger partial charge is 0.353 e. The molecule has 29 heavy (non-hydrogen) atoms. The van der Waals surface area contributed by atoms with Crippen LogP contribution in [-0.4, -0.2) is 35.3 Å². The fourth-order valence-corrected chi connectivity index (χ4v) is 3.41. The van der Waals surface area contributed by atoms with Crippen molar-refractivity contribution in [3.63, 3.8) is 0 Å². The van der Waals surface area contributed by atoms with Gasteiger partial charge in [-0.2, -0.15) is 0 Å². The summed E-state index contributed by atoms with van der Waals surface area (Å²) in [4.78, 5) is 27.1. The predicted molar refractivity (Wildman–Crippen MR) is 116 cm³/mol. The highest BCUT2D eigenvalue weighted by Gasteiger charge is 2.27. The Morgan fingerprint density at radius 3 is 2.45 bits per heavy atom. The van der Waals surface area contributed by atoms with Gasteiger partial charge >= 0.3 is 0 Å². The number of hydrogen-bond donors (Lipinski definition) is 1. The zero-order chi connectivity index (χ0) is 20.9. The molecule has 2 unspecified atom stereocenters. The summed E-state index contributed by atoms with van der Waals surface area (Å²) in [7, 11) is 0. The zero-order valence-corrected chi connectivity index (χ0v) is 18.0. The minimum atomic E-state index is -0.0409. The molecule has 1 N–H and O–H groups in total. The molecule has 2 amide bonds. The highest BCUT2D eigenvalue weighted by molar-refractivity contribution is 5.77. The average Bonchev–Trinajstić information content (AvgIpc) is 3.51. The van der Waals surface area contributed by atoms with Crippen LogP contribution in [0.3, 0.4) is 0 Å². The van der Waals surface area contributed by atoms with Crippen LogP contribution >= 0.6 is 0 Å². The standard InChI is InChI=1S/C25H34N2O2/c1-3-4-11-15-25(29)27-20-13-10-8-6-5-7-9-12-14-22(21(27)2)16-19-24(28)26-23-17-18-23/h21-23H,3-4,6,9,11,13,15-20H2,1-2H3,(H,26,28). The molecule has 156 valence electrons. The Labute approximate surface area is 176 Å². The Balaban J connectivity index is 2.08. The van der Waals surface area contributed by atoms with Crippen LogP contribution in [-0.2, 0) is 9.59 Å². The van der Waals surface area contributed by atoms with Crippen LogP contribution in [0.2, 0.25) is 0 Å². The number of hydrogen-bond acceptors (Lipinski definition) is 2. The summed E-state index contributed by atoms with van der Waals surface area (Å²) in [5.41, 5.74) is 0. The maximum atomic E-state index is 12.9. The van der Waals surface area contributed by atoms with Crippen LogP contribution in [0.15, 0.2) is 0 Å². The summed E-state index contributed by atoms with van der Waals surface area (Å²) in [6.07, 6.45) is 8.62. The first-order valence-electron chi connectivity index (χ1n) is 11.1. The summed E-state index contributed by atoms with van der Waals surface area (Å²) in [5, 5.41) is 3.05. The van der Waals surface area contributed by atoms with Gasteiger partial charge in [-0.3, -0.25) is 9.59 Å². The molecule has 4 heteroatoms. The molecule has 0 bridgehead atoms. The molecule has 1 aliphatic carbocycles. The van der Waals surface area contributed by atoms with E-state index in [0.29, 0.717) is 51.1 Å². The van der Waals surface area contributed by atoms with Crippen LogP contribution in [0, 0.1) is 41.4 Å². The van der Waals surface area contributed by atoms with Gasteiger partial charge in [0.1, 0.15) is 0 Å². The smallest absolute Gasteiger partial charge is 0.222 e. The van der Waals surface area contributed by atoms with Gasteiger partial charge in [0.05, 0.1) is 12.8 Å². The molecule has 1 heterocycles. The topological polar surface area (TPSA) is 49.4 Å². The fraction of sp³-hybridized carbons (Fsp3) is 0.680. The molecule has 1 saturated carbocycles. The lowest BCUT2D eigenvalue weighted by molar-refractivity contribution is -0.134. The lowest BCUT2D eigenvalue weighted by atomic mass is 9.93. The molecule has 0 spiro atoms. The van der Waals surface area contributed by atoms with Crippen molar-refractivity contribution < 1.29 is 9.59 Å². The second kappa shape index (κ2) is 13.0. The maximum Gasteiger partial charge on any atom is 0.222 e. The summed E-state index contributed by atoms with van der Waals surface area (Å²) in [6, 6.07) is 0.331. The molecule has 2 atom stereocenters. The van der Waals surface area contributed by atoms with Crippen molar-refractivity contribution in [2.45, 2.75) is 96.6 Å². The highest BCUT2D eigenvalue weighted by atomic mass is 16.2. The third-order valence-electron chi connectivity index (χ3n) is 5.38. The third-order valence-corrected chi connectivity index (χ3v) is 5.38. The number of unbranched alkanes of at least 4 members (excludes halogenated alkanes) is 2. The van der Waals surface area contributed by atoms with Gasteiger partial charge in [-0.05, 0) is 32.6 Å². The number of nitrogens with one attached hydrogen (secondary N) is 1. The molecule has 0 aromatic carbocycles. The normalized spacial score (nSPS) is 21.5. The maximum absolute atomic E-state index is 12.9. The Morgan fingerprint density at radius 1 is 1.00 bits per heavy atom. The second-order valence-electron chi connectivity index (χ2n) is 7.90. The molecular weight excluding hydrogens is 360 g/mol. The van der Waals surface area contributed by atoms with Crippen LogP contribution in [0.5, 0.6) is 0 Å². The first kappa shape index (κ1) is 22.9. The second-order valence-corrected chi connectivity index (χ2v) is 7.90. The molecule has 4 nitrogen and oxygen atoms in total. The number of carbonyl (C=O) groups excluding carboxylic acids is 2. The predicted octanol–water partition coefficient (Wildman–Crippen LogP) is 3.65. The van der Waals surface area contributed by atoms with E-state index < -0.39 is 0 Å². The number of carbonyl (C=O) groups is 2. The van der Waals surface area contributed by atoms with Gasteiger partial charge in [0, 0.05) is 43.8 Å². The molecule has 1 aliphatic heterocycles. The third kappa shape index (κ3) is 9.11. The molecule has 1 fully saturated rings. The van der Waals surface area contributed by atoms with Crippen LogP contribution < -0.4 is 5.32 Å². The Morgan fingerprint density at radius 2 is 1.72 bits per heavy atom. The SMILES string of the molecule is CCCCCC(=O)N1CCC#CCC#CCC#CC(CCC(=O)NC2CC2)C1C. The van der Waals surface area contributed by atoms with Gasteiger partial charge in [-0.25, -0.2) is 0 Å². The molecule has 0 aromatic rings. The Hall–Kier alpha value is -2.38. The van der Waals surface area contributed by atoms with E-state index in [1.165, 1.54) is 0 Å². The van der Waals surface area contributed by atoms with Crippen molar-refractivity contribution in [1.29, 1.82) is 0 Å². The lowest BCUT2D eigenvalue weighted by Gasteiger charge is -2.32. The number of amides is 2. The Kier molecular flexibility index (Phi) is 10.2. The first-order valence-corrected chi connectivity index (χ1v) is 11.1. The van der Waals surface area contributed by atoms with E-state index in [1.807, 2.05) is 4.90 Å². The molecule has 2 aliphatic rings. The van der Waals surface area contributed by atoms with Gasteiger partial charge in [-0.1, -0.05) is 49.4 Å². The Bertz CT molecular complexity index is 734. The van der Waals surface area contributed by atoms with Crippen molar-refractivity contribution in [1.82, 2.24) is 10.2 Å². The van der Waals surface area contributed by atoms with Crippen LogP contribution in [0.1, 0.15) is 84.5 Å². The summed E-state index contributed by atoms with van der Waals surface area (Å²) >= 11 is 0. The van der Waals surface area contributed by atoms with Crippen molar-refractivity contribution >= 4 is 11.8 Å².